The molecule has 0 aliphatic rings. The fourth-order valence-electron chi connectivity index (χ4n) is 2.98. The van der Waals surface area contributed by atoms with Gasteiger partial charge < -0.3 is 5.73 Å². The number of aromatic nitrogens is 4. The number of nitrogens with two attached hydrogens (primary N) is 1. The van der Waals surface area contributed by atoms with Crippen molar-refractivity contribution >= 4 is 43.8 Å². The minimum atomic E-state index is 0.721. The first kappa shape index (κ1) is 13.4. The van der Waals surface area contributed by atoms with E-state index >= 15 is 0 Å². The van der Waals surface area contributed by atoms with Crippen molar-refractivity contribution in [2.75, 3.05) is 5.73 Å². The van der Waals surface area contributed by atoms with Crippen molar-refractivity contribution in [2.45, 2.75) is 6.92 Å². The molecule has 2 N–H and O–H groups in total. The number of para-hydroxylation sites is 1. The lowest BCUT2D eigenvalue weighted by Crippen LogP contribution is -1.96. The molecule has 6 heteroatoms. The maximum atomic E-state index is 5.88. The van der Waals surface area contributed by atoms with Crippen LogP contribution in [0.15, 0.2) is 48.5 Å². The van der Waals surface area contributed by atoms with Crippen LogP contribution in [-0.2, 0) is 0 Å². The first-order valence-corrected chi connectivity index (χ1v) is 8.42. The van der Waals surface area contributed by atoms with Crippen molar-refractivity contribution < 1.29 is 0 Å². The number of hydrogen-bond acceptors (Lipinski definition) is 5. The molecule has 5 nitrogen and oxygen atoms in total. The molecule has 5 rings (SSSR count). The van der Waals surface area contributed by atoms with E-state index in [0.29, 0.717) is 0 Å². The Bertz CT molecular complexity index is 1230. The first-order chi connectivity index (χ1) is 11.7. The van der Waals surface area contributed by atoms with Crippen molar-refractivity contribution in [2.24, 2.45) is 0 Å². The number of anilines is 1. The molecule has 0 fully saturated rings. The van der Waals surface area contributed by atoms with Gasteiger partial charge in [-0.05, 0) is 31.2 Å². The Morgan fingerprint density at radius 3 is 2.83 bits per heavy atom. The van der Waals surface area contributed by atoms with Gasteiger partial charge in [0.2, 0.25) is 0 Å². The van der Waals surface area contributed by atoms with E-state index in [-0.39, 0.29) is 0 Å². The number of thiazole rings is 1. The molecule has 0 radical (unpaired) electrons. The Kier molecular flexibility index (Phi) is 2.66. The van der Waals surface area contributed by atoms with Gasteiger partial charge in [-0.3, -0.25) is 0 Å². The maximum Gasteiger partial charge on any atom is 0.156 e. The second-order valence-electron chi connectivity index (χ2n) is 5.78. The Morgan fingerprint density at radius 2 is 1.92 bits per heavy atom. The summed E-state index contributed by atoms with van der Waals surface area (Å²) in [6, 6.07) is 16.0. The lowest BCUT2D eigenvalue weighted by atomic mass is 10.2. The van der Waals surface area contributed by atoms with Crippen LogP contribution in [0.1, 0.15) is 5.69 Å². The van der Waals surface area contributed by atoms with Gasteiger partial charge >= 0.3 is 0 Å². The summed E-state index contributed by atoms with van der Waals surface area (Å²) in [7, 11) is 0. The Hall–Kier alpha value is -2.99. The van der Waals surface area contributed by atoms with E-state index in [1.54, 1.807) is 11.3 Å². The van der Waals surface area contributed by atoms with E-state index in [1.165, 1.54) is 0 Å². The zero-order valence-corrected chi connectivity index (χ0v) is 13.7. The Morgan fingerprint density at radius 1 is 1.04 bits per heavy atom. The van der Waals surface area contributed by atoms with Gasteiger partial charge in [-0.2, -0.15) is 5.10 Å². The summed E-state index contributed by atoms with van der Waals surface area (Å²) in [6.45, 7) is 1.98. The Labute approximate surface area is 141 Å². The maximum absolute atomic E-state index is 5.88. The minimum absolute atomic E-state index is 0.721. The predicted molar refractivity (Wildman–Crippen MR) is 98.3 cm³/mol. The standard InChI is InChI=1S/C18H13N5S/c1-10-8-16-21-17(12-4-2-3-5-14(12)23(16)22-10)18-20-13-9-11(19)6-7-15(13)24-18/h2-9H,19H2,1H3. The number of hydrogen-bond donors (Lipinski definition) is 1. The molecule has 116 valence electrons. The smallest absolute Gasteiger partial charge is 0.156 e. The molecule has 0 bridgehead atoms. The summed E-state index contributed by atoms with van der Waals surface area (Å²) in [4.78, 5) is 9.58. The summed E-state index contributed by atoms with van der Waals surface area (Å²) >= 11 is 1.63. The van der Waals surface area contributed by atoms with Crippen LogP contribution >= 0.6 is 11.3 Å². The summed E-state index contributed by atoms with van der Waals surface area (Å²) in [5, 5.41) is 6.49. The van der Waals surface area contributed by atoms with Crippen LogP contribution in [0, 0.1) is 6.92 Å². The largest absolute Gasteiger partial charge is 0.399 e. The lowest BCUT2D eigenvalue weighted by molar-refractivity contribution is 0.957. The topological polar surface area (TPSA) is 69.1 Å². The second kappa shape index (κ2) is 4.75. The van der Waals surface area contributed by atoms with Crippen molar-refractivity contribution in [1.29, 1.82) is 0 Å². The summed E-state index contributed by atoms with van der Waals surface area (Å²) in [6.07, 6.45) is 0. The summed E-state index contributed by atoms with van der Waals surface area (Å²) in [5.74, 6) is 0. The normalized spacial score (nSPS) is 11.7. The molecule has 24 heavy (non-hydrogen) atoms. The molecule has 0 unspecified atom stereocenters. The van der Waals surface area contributed by atoms with E-state index in [9.17, 15) is 0 Å². The fourth-order valence-corrected chi connectivity index (χ4v) is 3.93. The van der Waals surface area contributed by atoms with Gasteiger partial charge in [0.15, 0.2) is 5.65 Å². The molecule has 5 aromatic rings. The molecular weight excluding hydrogens is 318 g/mol. The lowest BCUT2D eigenvalue weighted by Gasteiger charge is -2.05. The van der Waals surface area contributed by atoms with Crippen LogP contribution in [0.25, 0.3) is 37.5 Å². The molecule has 0 saturated heterocycles. The van der Waals surface area contributed by atoms with Crippen molar-refractivity contribution in [1.82, 2.24) is 19.6 Å². The van der Waals surface area contributed by atoms with Gasteiger partial charge in [0.05, 0.1) is 21.4 Å². The molecule has 2 aromatic carbocycles. The third-order valence-corrected chi connectivity index (χ3v) is 5.08. The SMILES string of the molecule is Cc1cc2nc(-c3nc4cc(N)ccc4s3)c3ccccc3n2n1. The van der Waals surface area contributed by atoms with E-state index in [0.717, 1.165) is 48.8 Å². The number of nitrogen functional groups attached to an aromatic ring is 1. The quantitative estimate of drug-likeness (QED) is 0.470. The molecule has 0 aliphatic carbocycles. The monoisotopic (exact) mass is 331 g/mol. The van der Waals surface area contributed by atoms with Gasteiger partial charge in [-0.25, -0.2) is 14.5 Å². The van der Waals surface area contributed by atoms with Crippen molar-refractivity contribution in [3.05, 3.63) is 54.2 Å². The first-order valence-electron chi connectivity index (χ1n) is 7.60. The fraction of sp³-hybridized carbons (Fsp3) is 0.0556. The molecule has 0 aliphatic heterocycles. The highest BCUT2D eigenvalue weighted by Gasteiger charge is 2.15. The van der Waals surface area contributed by atoms with Gasteiger partial charge in [0.1, 0.15) is 10.7 Å². The van der Waals surface area contributed by atoms with Crippen molar-refractivity contribution in [3.63, 3.8) is 0 Å². The number of nitrogens with zero attached hydrogens (tertiary/aromatic N) is 4. The predicted octanol–water partition coefficient (Wildman–Crippen LogP) is 4.05. The Balaban J connectivity index is 1.89. The molecule has 0 spiro atoms. The van der Waals surface area contributed by atoms with Gasteiger partial charge in [-0.1, -0.05) is 18.2 Å². The minimum Gasteiger partial charge on any atom is -0.399 e. The molecule has 0 saturated carbocycles. The summed E-state index contributed by atoms with van der Waals surface area (Å²) in [5.41, 5.74) is 11.2. The van der Waals surface area contributed by atoms with E-state index in [2.05, 4.69) is 17.2 Å². The van der Waals surface area contributed by atoms with Crippen LogP contribution in [0.3, 0.4) is 0 Å². The van der Waals surface area contributed by atoms with Crippen LogP contribution < -0.4 is 5.73 Å². The molecule has 0 amide bonds. The second-order valence-corrected chi connectivity index (χ2v) is 6.81. The van der Waals surface area contributed by atoms with Crippen LogP contribution in [0.4, 0.5) is 5.69 Å². The van der Waals surface area contributed by atoms with E-state index < -0.39 is 0 Å². The molecule has 0 atom stereocenters. The summed E-state index contributed by atoms with van der Waals surface area (Å²) < 4.78 is 2.99. The third kappa shape index (κ3) is 1.90. The zero-order chi connectivity index (χ0) is 16.3. The number of aryl methyl sites for hydroxylation is 1. The van der Waals surface area contributed by atoms with E-state index in [4.69, 9.17) is 15.7 Å². The highest BCUT2D eigenvalue weighted by Crippen LogP contribution is 2.34. The average Bonchev–Trinajstić information content (AvgIpc) is 3.16. The van der Waals surface area contributed by atoms with Crippen LogP contribution in [-0.4, -0.2) is 19.6 Å². The molecular formula is C18H13N5S. The number of rotatable bonds is 1. The molecule has 3 aromatic heterocycles. The van der Waals surface area contributed by atoms with Gasteiger partial charge in [-0.15, -0.1) is 11.3 Å². The molecule has 3 heterocycles. The van der Waals surface area contributed by atoms with Crippen LogP contribution in [0.2, 0.25) is 0 Å². The van der Waals surface area contributed by atoms with Gasteiger partial charge in [0.25, 0.3) is 0 Å². The highest BCUT2D eigenvalue weighted by atomic mass is 32.1. The number of fused-ring (bicyclic) bond motifs is 4. The van der Waals surface area contributed by atoms with Crippen molar-refractivity contribution in [3.8, 4) is 10.7 Å². The highest BCUT2D eigenvalue weighted by molar-refractivity contribution is 7.21. The van der Waals surface area contributed by atoms with Gasteiger partial charge in [0, 0.05) is 17.1 Å². The van der Waals surface area contributed by atoms with Crippen LogP contribution in [0.5, 0.6) is 0 Å². The average molecular weight is 331 g/mol. The van der Waals surface area contributed by atoms with E-state index in [1.807, 2.05) is 47.8 Å². The third-order valence-electron chi connectivity index (χ3n) is 4.04. The number of benzene rings is 2. The zero-order valence-electron chi connectivity index (χ0n) is 12.9.